The Morgan fingerprint density at radius 3 is 2.89 bits per heavy atom. The largest absolute Gasteiger partial charge is 0.465 e. The Kier molecular flexibility index (Phi) is 4.56. The highest BCUT2D eigenvalue weighted by Crippen LogP contribution is 2.20. The maximum absolute atomic E-state index is 11.7. The lowest BCUT2D eigenvalue weighted by molar-refractivity contribution is 0.0257. The number of carbonyl (C=O) groups excluding carboxylic acids is 1. The van der Waals surface area contributed by atoms with E-state index in [0.717, 1.165) is 18.5 Å². The minimum Gasteiger partial charge on any atom is -0.465 e. The average Bonchev–Trinajstić information content (AvgIpc) is 2.43. The number of hydrogen-bond donors (Lipinski definition) is 1. The number of β-amino-alcohol motifs (C(OH)–C–C–N with tert-alkyl or cyclic N) is 1. The van der Waals surface area contributed by atoms with Crippen LogP contribution in [0.4, 0.5) is 0 Å². The lowest BCUT2D eigenvalue weighted by atomic mass is 9.95. The molecule has 0 amide bonds. The van der Waals surface area contributed by atoms with Crippen LogP contribution in [-0.4, -0.2) is 42.3 Å². The van der Waals surface area contributed by atoms with E-state index in [1.54, 1.807) is 6.07 Å². The van der Waals surface area contributed by atoms with Crippen molar-refractivity contribution in [2.45, 2.75) is 26.0 Å². The van der Waals surface area contributed by atoms with Crippen molar-refractivity contribution in [3.05, 3.63) is 35.4 Å². The van der Waals surface area contributed by atoms with Gasteiger partial charge in [0, 0.05) is 13.1 Å². The molecule has 104 valence electrons. The molecule has 1 aliphatic rings. The first-order valence-electron chi connectivity index (χ1n) is 6.68. The second-order valence-electron chi connectivity index (χ2n) is 5.22. The van der Waals surface area contributed by atoms with Crippen LogP contribution in [0.2, 0.25) is 0 Å². The van der Waals surface area contributed by atoms with Crippen molar-refractivity contribution in [2.24, 2.45) is 5.92 Å². The van der Waals surface area contributed by atoms with E-state index in [0.29, 0.717) is 24.6 Å². The van der Waals surface area contributed by atoms with E-state index in [2.05, 4.69) is 11.8 Å². The topological polar surface area (TPSA) is 49.8 Å². The molecular formula is C15H21NO3. The molecule has 0 radical (unpaired) electrons. The normalized spacial score (nSPS) is 24.2. The van der Waals surface area contributed by atoms with Gasteiger partial charge in [0.25, 0.3) is 0 Å². The van der Waals surface area contributed by atoms with Gasteiger partial charge < -0.3 is 9.84 Å². The number of carbonyl (C=O) groups is 1. The minimum absolute atomic E-state index is 0.279. The van der Waals surface area contributed by atoms with Gasteiger partial charge in [0.15, 0.2) is 0 Å². The predicted octanol–water partition coefficient (Wildman–Crippen LogP) is 1.68. The summed E-state index contributed by atoms with van der Waals surface area (Å²) >= 11 is 0. The number of piperidine rings is 1. The molecule has 1 saturated heterocycles. The fourth-order valence-corrected chi connectivity index (χ4v) is 2.47. The van der Waals surface area contributed by atoms with Gasteiger partial charge in [-0.1, -0.05) is 25.1 Å². The van der Waals surface area contributed by atoms with E-state index in [4.69, 9.17) is 4.74 Å². The molecule has 0 bridgehead atoms. The SMILES string of the molecule is COC(=O)c1ccccc1CN1CCC(C)C(O)C1. The van der Waals surface area contributed by atoms with Crippen molar-refractivity contribution < 1.29 is 14.6 Å². The van der Waals surface area contributed by atoms with Crippen LogP contribution >= 0.6 is 0 Å². The molecule has 1 N–H and O–H groups in total. The van der Waals surface area contributed by atoms with Crippen molar-refractivity contribution in [1.82, 2.24) is 4.90 Å². The fourth-order valence-electron chi connectivity index (χ4n) is 2.47. The summed E-state index contributed by atoms with van der Waals surface area (Å²) in [5.41, 5.74) is 1.56. The van der Waals surface area contributed by atoms with Crippen molar-refractivity contribution >= 4 is 5.97 Å². The average molecular weight is 263 g/mol. The number of aliphatic hydroxyl groups excluding tert-OH is 1. The summed E-state index contributed by atoms with van der Waals surface area (Å²) in [6, 6.07) is 7.48. The second kappa shape index (κ2) is 6.17. The highest BCUT2D eigenvalue weighted by Gasteiger charge is 2.25. The molecule has 2 unspecified atom stereocenters. The number of nitrogens with zero attached hydrogens (tertiary/aromatic N) is 1. The summed E-state index contributed by atoms with van der Waals surface area (Å²) in [5.74, 6) is 0.0497. The van der Waals surface area contributed by atoms with Gasteiger partial charge in [-0.3, -0.25) is 4.90 Å². The lowest BCUT2D eigenvalue weighted by Gasteiger charge is -2.34. The van der Waals surface area contributed by atoms with Crippen molar-refractivity contribution in [3.8, 4) is 0 Å². The third-order valence-corrected chi connectivity index (χ3v) is 3.82. The van der Waals surface area contributed by atoms with Crippen LogP contribution in [0.25, 0.3) is 0 Å². The molecule has 0 aromatic heterocycles. The number of methoxy groups -OCH3 is 1. The molecular weight excluding hydrogens is 242 g/mol. The molecule has 0 spiro atoms. The van der Waals surface area contributed by atoms with E-state index < -0.39 is 0 Å². The third-order valence-electron chi connectivity index (χ3n) is 3.82. The highest BCUT2D eigenvalue weighted by atomic mass is 16.5. The van der Waals surface area contributed by atoms with E-state index >= 15 is 0 Å². The maximum Gasteiger partial charge on any atom is 0.338 e. The first-order valence-corrected chi connectivity index (χ1v) is 6.68. The van der Waals surface area contributed by atoms with E-state index in [9.17, 15) is 9.90 Å². The van der Waals surface area contributed by atoms with E-state index in [1.165, 1.54) is 7.11 Å². The Morgan fingerprint density at radius 1 is 1.47 bits per heavy atom. The number of likely N-dealkylation sites (tertiary alicyclic amines) is 1. The third kappa shape index (κ3) is 3.33. The number of esters is 1. The van der Waals surface area contributed by atoms with Gasteiger partial charge >= 0.3 is 5.97 Å². The van der Waals surface area contributed by atoms with Crippen LogP contribution in [0.15, 0.2) is 24.3 Å². The van der Waals surface area contributed by atoms with E-state index in [-0.39, 0.29) is 12.1 Å². The van der Waals surface area contributed by atoms with Gasteiger partial charge in [-0.15, -0.1) is 0 Å². The monoisotopic (exact) mass is 263 g/mol. The van der Waals surface area contributed by atoms with Gasteiger partial charge in [-0.2, -0.15) is 0 Å². The zero-order valence-electron chi connectivity index (χ0n) is 11.5. The van der Waals surface area contributed by atoms with E-state index in [1.807, 2.05) is 18.2 Å². The van der Waals surface area contributed by atoms with Crippen LogP contribution in [0.1, 0.15) is 29.3 Å². The van der Waals surface area contributed by atoms with Crippen LogP contribution in [0.5, 0.6) is 0 Å². The second-order valence-corrected chi connectivity index (χ2v) is 5.22. The first kappa shape index (κ1) is 14.0. The molecule has 0 aliphatic carbocycles. The van der Waals surface area contributed by atoms with Gasteiger partial charge in [0.2, 0.25) is 0 Å². The molecule has 1 fully saturated rings. The summed E-state index contributed by atoms with van der Waals surface area (Å²) in [5, 5.41) is 9.92. The summed E-state index contributed by atoms with van der Waals surface area (Å²) < 4.78 is 4.80. The molecule has 0 saturated carbocycles. The van der Waals surface area contributed by atoms with Crippen LogP contribution in [-0.2, 0) is 11.3 Å². The molecule has 19 heavy (non-hydrogen) atoms. The van der Waals surface area contributed by atoms with Crippen molar-refractivity contribution in [1.29, 1.82) is 0 Å². The Morgan fingerprint density at radius 2 is 2.21 bits per heavy atom. The molecule has 2 rings (SSSR count). The molecule has 1 aromatic carbocycles. The van der Waals surface area contributed by atoms with Gasteiger partial charge in [0.05, 0.1) is 18.8 Å². The van der Waals surface area contributed by atoms with Crippen LogP contribution in [0.3, 0.4) is 0 Å². The Labute approximate surface area is 114 Å². The lowest BCUT2D eigenvalue weighted by Crippen LogP contribution is -2.42. The number of ether oxygens (including phenoxy) is 1. The molecule has 4 heteroatoms. The molecule has 1 aliphatic heterocycles. The highest BCUT2D eigenvalue weighted by molar-refractivity contribution is 5.90. The van der Waals surface area contributed by atoms with Gasteiger partial charge in [-0.05, 0) is 30.5 Å². The van der Waals surface area contributed by atoms with Crippen LogP contribution in [0, 0.1) is 5.92 Å². The standard InChI is InChI=1S/C15H21NO3/c1-11-7-8-16(10-14(11)17)9-12-5-3-4-6-13(12)15(18)19-2/h3-6,11,14,17H,7-10H2,1-2H3. The fraction of sp³-hybridized carbons (Fsp3) is 0.533. The minimum atomic E-state index is -0.304. The van der Waals surface area contributed by atoms with Gasteiger partial charge in [0.1, 0.15) is 0 Å². The number of hydrogen-bond acceptors (Lipinski definition) is 4. The quantitative estimate of drug-likeness (QED) is 0.843. The number of benzene rings is 1. The summed E-state index contributed by atoms with van der Waals surface area (Å²) in [4.78, 5) is 13.9. The predicted molar refractivity (Wildman–Crippen MR) is 72.8 cm³/mol. The Hall–Kier alpha value is -1.39. The summed E-state index contributed by atoms with van der Waals surface area (Å²) in [7, 11) is 1.39. The molecule has 4 nitrogen and oxygen atoms in total. The van der Waals surface area contributed by atoms with Crippen LogP contribution < -0.4 is 0 Å². The number of aliphatic hydroxyl groups is 1. The first-order chi connectivity index (χ1) is 9.11. The molecule has 2 atom stereocenters. The number of rotatable bonds is 3. The molecule has 1 aromatic rings. The Bertz CT molecular complexity index is 447. The Balaban J connectivity index is 2.09. The zero-order chi connectivity index (χ0) is 13.8. The smallest absolute Gasteiger partial charge is 0.338 e. The van der Waals surface area contributed by atoms with Gasteiger partial charge in [-0.25, -0.2) is 4.79 Å². The van der Waals surface area contributed by atoms with Crippen molar-refractivity contribution in [2.75, 3.05) is 20.2 Å². The van der Waals surface area contributed by atoms with Crippen molar-refractivity contribution in [3.63, 3.8) is 0 Å². The summed E-state index contributed by atoms with van der Waals surface area (Å²) in [6.07, 6.45) is 0.709. The summed E-state index contributed by atoms with van der Waals surface area (Å²) in [6.45, 7) is 4.36. The molecule has 1 heterocycles. The maximum atomic E-state index is 11.7. The zero-order valence-corrected chi connectivity index (χ0v) is 11.5.